The van der Waals surface area contributed by atoms with E-state index in [1.165, 1.54) is 0 Å². The van der Waals surface area contributed by atoms with Crippen LogP contribution in [0.1, 0.15) is 31.9 Å². The molecule has 0 aliphatic rings. The van der Waals surface area contributed by atoms with Gasteiger partial charge in [0.1, 0.15) is 5.75 Å². The molecule has 0 aliphatic carbocycles. The fraction of sp³-hybridized carbons (Fsp3) is 0.533. The molecule has 0 radical (unpaired) electrons. The van der Waals surface area contributed by atoms with Crippen LogP contribution >= 0.6 is 0 Å². The normalized spacial score (nSPS) is 13.0. The van der Waals surface area contributed by atoms with Crippen molar-refractivity contribution in [3.8, 4) is 5.75 Å². The summed E-state index contributed by atoms with van der Waals surface area (Å²) >= 11 is 0. The van der Waals surface area contributed by atoms with Crippen LogP contribution in [0.4, 0.5) is 0 Å². The monoisotopic (exact) mass is 328 g/mol. The van der Waals surface area contributed by atoms with Crippen molar-refractivity contribution in [3.05, 3.63) is 29.8 Å². The van der Waals surface area contributed by atoms with Crippen molar-refractivity contribution in [1.82, 2.24) is 10.0 Å². The molecule has 0 spiro atoms. The summed E-state index contributed by atoms with van der Waals surface area (Å²) in [5.41, 5.74) is 0.714. The zero-order chi connectivity index (χ0) is 16.8. The van der Waals surface area contributed by atoms with E-state index in [1.807, 2.05) is 13.8 Å². The van der Waals surface area contributed by atoms with Crippen LogP contribution in [0.25, 0.3) is 0 Å². The molecule has 0 unspecified atom stereocenters. The highest BCUT2D eigenvalue weighted by atomic mass is 32.2. The second-order valence-corrected chi connectivity index (χ2v) is 7.40. The number of rotatable bonds is 8. The van der Waals surface area contributed by atoms with Gasteiger partial charge in [0.25, 0.3) is 0 Å². The Hall–Kier alpha value is -1.60. The molecular weight excluding hydrogens is 304 g/mol. The lowest BCUT2D eigenvalue weighted by Crippen LogP contribution is -2.34. The minimum Gasteiger partial charge on any atom is -0.497 e. The summed E-state index contributed by atoms with van der Waals surface area (Å²) < 4.78 is 30.6. The molecule has 2 N–H and O–H groups in total. The Labute approximate surface area is 132 Å². The SMILES string of the molecule is COc1ccc([C@@H](CC(=O)NCC(C)C)NS(C)(=O)=O)cc1. The third-order valence-electron chi connectivity index (χ3n) is 2.97. The van der Waals surface area contributed by atoms with E-state index in [9.17, 15) is 13.2 Å². The summed E-state index contributed by atoms with van der Waals surface area (Å²) in [6.45, 7) is 4.55. The molecule has 0 fully saturated rings. The Balaban J connectivity index is 2.85. The van der Waals surface area contributed by atoms with Crippen LogP contribution in [0.2, 0.25) is 0 Å². The van der Waals surface area contributed by atoms with Gasteiger partial charge in [0.15, 0.2) is 0 Å². The number of amides is 1. The number of carbonyl (C=O) groups is 1. The van der Waals surface area contributed by atoms with Gasteiger partial charge in [0.2, 0.25) is 15.9 Å². The number of hydrogen-bond donors (Lipinski definition) is 2. The van der Waals surface area contributed by atoms with Gasteiger partial charge in [-0.2, -0.15) is 0 Å². The van der Waals surface area contributed by atoms with Crippen LogP contribution in [0.15, 0.2) is 24.3 Å². The van der Waals surface area contributed by atoms with Gasteiger partial charge < -0.3 is 10.1 Å². The van der Waals surface area contributed by atoms with Gasteiger partial charge in [-0.15, -0.1) is 0 Å². The van der Waals surface area contributed by atoms with E-state index in [0.29, 0.717) is 23.8 Å². The van der Waals surface area contributed by atoms with Crippen molar-refractivity contribution in [2.45, 2.75) is 26.3 Å². The second-order valence-electron chi connectivity index (χ2n) is 5.62. The van der Waals surface area contributed by atoms with Crippen molar-refractivity contribution >= 4 is 15.9 Å². The largest absolute Gasteiger partial charge is 0.497 e. The predicted molar refractivity (Wildman–Crippen MR) is 86.2 cm³/mol. The van der Waals surface area contributed by atoms with E-state index in [-0.39, 0.29) is 12.3 Å². The molecule has 0 saturated heterocycles. The minimum absolute atomic E-state index is 0.0477. The third-order valence-corrected chi connectivity index (χ3v) is 3.68. The summed E-state index contributed by atoms with van der Waals surface area (Å²) in [4.78, 5) is 12.0. The number of hydrogen-bond acceptors (Lipinski definition) is 4. The van der Waals surface area contributed by atoms with Crippen LogP contribution in [0.3, 0.4) is 0 Å². The molecule has 0 bridgehead atoms. The van der Waals surface area contributed by atoms with E-state index >= 15 is 0 Å². The topological polar surface area (TPSA) is 84.5 Å². The summed E-state index contributed by atoms with van der Waals surface area (Å²) in [6.07, 6.45) is 1.13. The number of methoxy groups -OCH3 is 1. The summed E-state index contributed by atoms with van der Waals surface area (Å²) in [7, 11) is -1.87. The van der Waals surface area contributed by atoms with Gasteiger partial charge in [0, 0.05) is 13.0 Å². The van der Waals surface area contributed by atoms with E-state index in [0.717, 1.165) is 6.26 Å². The highest BCUT2D eigenvalue weighted by molar-refractivity contribution is 7.88. The molecule has 0 aliphatic heterocycles. The number of ether oxygens (including phenoxy) is 1. The van der Waals surface area contributed by atoms with Crippen molar-refractivity contribution in [3.63, 3.8) is 0 Å². The molecule has 1 aromatic carbocycles. The standard InChI is InChI=1S/C15H24N2O4S/c1-11(2)10-16-15(18)9-14(17-22(4,19)20)12-5-7-13(21-3)8-6-12/h5-8,11,14,17H,9-10H2,1-4H3,(H,16,18)/t14-/m1/s1. The number of carbonyl (C=O) groups excluding carboxylic acids is 1. The molecule has 0 saturated carbocycles. The van der Waals surface area contributed by atoms with Crippen LogP contribution in [-0.2, 0) is 14.8 Å². The number of benzene rings is 1. The van der Waals surface area contributed by atoms with E-state index in [1.54, 1.807) is 31.4 Å². The molecule has 22 heavy (non-hydrogen) atoms. The van der Waals surface area contributed by atoms with Crippen LogP contribution in [0, 0.1) is 5.92 Å². The lowest BCUT2D eigenvalue weighted by molar-refractivity contribution is -0.121. The molecule has 7 heteroatoms. The smallest absolute Gasteiger partial charge is 0.221 e. The van der Waals surface area contributed by atoms with E-state index < -0.39 is 16.1 Å². The molecular formula is C15H24N2O4S. The maximum atomic E-state index is 12.0. The number of sulfonamides is 1. The molecule has 1 amide bonds. The van der Waals surface area contributed by atoms with Crippen molar-refractivity contribution in [2.75, 3.05) is 19.9 Å². The Morgan fingerprint density at radius 2 is 1.82 bits per heavy atom. The van der Waals surface area contributed by atoms with Crippen LogP contribution < -0.4 is 14.8 Å². The predicted octanol–water partition coefficient (Wildman–Crippen LogP) is 1.45. The lowest BCUT2D eigenvalue weighted by Gasteiger charge is -2.18. The first-order valence-corrected chi connectivity index (χ1v) is 8.98. The summed E-state index contributed by atoms with van der Waals surface area (Å²) in [5, 5.41) is 2.79. The fourth-order valence-corrected chi connectivity index (χ4v) is 2.63. The average molecular weight is 328 g/mol. The second kappa shape index (κ2) is 8.14. The van der Waals surface area contributed by atoms with Gasteiger partial charge in [-0.05, 0) is 23.6 Å². The molecule has 124 valence electrons. The Kier molecular flexibility index (Phi) is 6.83. The maximum absolute atomic E-state index is 12.0. The summed E-state index contributed by atoms with van der Waals surface area (Å²) in [5.74, 6) is 0.822. The zero-order valence-corrected chi connectivity index (χ0v) is 14.2. The molecule has 0 heterocycles. The van der Waals surface area contributed by atoms with E-state index in [4.69, 9.17) is 4.74 Å². The Morgan fingerprint density at radius 3 is 2.27 bits per heavy atom. The molecule has 6 nitrogen and oxygen atoms in total. The highest BCUT2D eigenvalue weighted by Gasteiger charge is 2.19. The van der Waals surface area contributed by atoms with Crippen molar-refractivity contribution < 1.29 is 17.9 Å². The first-order chi connectivity index (χ1) is 10.2. The Bertz CT molecular complexity index is 582. The van der Waals surface area contributed by atoms with Gasteiger partial charge in [-0.3, -0.25) is 4.79 Å². The average Bonchev–Trinajstić information content (AvgIpc) is 2.43. The van der Waals surface area contributed by atoms with Crippen molar-refractivity contribution in [2.24, 2.45) is 5.92 Å². The first-order valence-electron chi connectivity index (χ1n) is 7.09. The zero-order valence-electron chi connectivity index (χ0n) is 13.4. The Morgan fingerprint density at radius 1 is 1.23 bits per heavy atom. The van der Waals surface area contributed by atoms with Gasteiger partial charge in [-0.25, -0.2) is 13.1 Å². The summed E-state index contributed by atoms with van der Waals surface area (Å²) in [6, 6.07) is 6.36. The fourth-order valence-electron chi connectivity index (χ4n) is 1.90. The van der Waals surface area contributed by atoms with Crippen molar-refractivity contribution in [1.29, 1.82) is 0 Å². The highest BCUT2D eigenvalue weighted by Crippen LogP contribution is 2.21. The van der Waals surface area contributed by atoms with Gasteiger partial charge >= 0.3 is 0 Å². The maximum Gasteiger partial charge on any atom is 0.221 e. The molecule has 1 atom stereocenters. The molecule has 1 rings (SSSR count). The van der Waals surface area contributed by atoms with Gasteiger partial charge in [-0.1, -0.05) is 26.0 Å². The first kappa shape index (κ1) is 18.4. The lowest BCUT2D eigenvalue weighted by atomic mass is 10.0. The van der Waals surface area contributed by atoms with Gasteiger partial charge in [0.05, 0.1) is 19.4 Å². The third kappa shape index (κ3) is 6.91. The minimum atomic E-state index is -3.43. The van der Waals surface area contributed by atoms with Crippen LogP contribution in [0.5, 0.6) is 5.75 Å². The quantitative estimate of drug-likeness (QED) is 0.756. The van der Waals surface area contributed by atoms with Crippen LogP contribution in [-0.4, -0.2) is 34.2 Å². The van der Waals surface area contributed by atoms with E-state index in [2.05, 4.69) is 10.0 Å². The molecule has 0 aromatic heterocycles. The number of nitrogens with one attached hydrogen (secondary N) is 2. The molecule has 1 aromatic rings.